The molecule has 0 radical (unpaired) electrons. The number of aryl methyl sites for hydroxylation is 1. The first-order valence-corrected chi connectivity index (χ1v) is 9.22. The van der Waals surface area contributed by atoms with Gasteiger partial charge in [-0.3, -0.25) is 14.9 Å². The van der Waals surface area contributed by atoms with Gasteiger partial charge in [0.25, 0.3) is 11.6 Å². The Bertz CT molecular complexity index is 1110. The van der Waals surface area contributed by atoms with Gasteiger partial charge in [-0.2, -0.15) is 0 Å². The summed E-state index contributed by atoms with van der Waals surface area (Å²) in [5.41, 5.74) is 0.454. The van der Waals surface area contributed by atoms with Crippen molar-refractivity contribution in [1.29, 1.82) is 0 Å². The van der Waals surface area contributed by atoms with Crippen LogP contribution in [0.4, 0.5) is 17.2 Å². The number of carbonyl (C=O) groups excluding carboxylic acids is 2. The van der Waals surface area contributed by atoms with Crippen molar-refractivity contribution in [3.8, 4) is 0 Å². The molecule has 1 atom stereocenters. The number of esters is 1. The van der Waals surface area contributed by atoms with Crippen LogP contribution in [0.25, 0.3) is 0 Å². The van der Waals surface area contributed by atoms with Crippen molar-refractivity contribution in [3.05, 3.63) is 81.6 Å². The molecule has 3 aromatic rings. The summed E-state index contributed by atoms with van der Waals surface area (Å²) >= 11 is 0. The lowest BCUT2D eigenvalue weighted by Crippen LogP contribution is -2.26. The number of carbonyl (C=O) groups is 2. The van der Waals surface area contributed by atoms with E-state index in [9.17, 15) is 19.7 Å². The van der Waals surface area contributed by atoms with Crippen LogP contribution >= 0.6 is 0 Å². The minimum absolute atomic E-state index is 0.0525. The van der Waals surface area contributed by atoms with Gasteiger partial charge in [0.05, 0.1) is 10.5 Å². The van der Waals surface area contributed by atoms with E-state index in [4.69, 9.17) is 9.26 Å². The summed E-state index contributed by atoms with van der Waals surface area (Å²) in [5.74, 6) is -0.858. The summed E-state index contributed by atoms with van der Waals surface area (Å²) in [4.78, 5) is 38.0. The molecule has 0 saturated heterocycles. The Labute approximate surface area is 177 Å². The van der Waals surface area contributed by atoms with E-state index in [2.05, 4.69) is 10.5 Å². The number of benzene rings is 2. The van der Waals surface area contributed by atoms with Gasteiger partial charge in [-0.1, -0.05) is 35.5 Å². The molecule has 31 heavy (non-hydrogen) atoms. The lowest BCUT2D eigenvalue weighted by molar-refractivity contribution is -0.384. The number of ether oxygens (including phenoxy) is 1. The van der Waals surface area contributed by atoms with Gasteiger partial charge in [0.15, 0.2) is 5.82 Å². The third-order valence-corrected chi connectivity index (χ3v) is 4.33. The van der Waals surface area contributed by atoms with E-state index in [-0.39, 0.29) is 17.1 Å². The molecule has 160 valence electrons. The van der Waals surface area contributed by atoms with Gasteiger partial charge >= 0.3 is 5.97 Å². The number of anilines is 2. The molecule has 0 saturated carbocycles. The summed E-state index contributed by atoms with van der Waals surface area (Å²) in [6.07, 6.45) is -1.31. The maximum atomic E-state index is 12.8. The Morgan fingerprint density at radius 2 is 1.87 bits per heavy atom. The molecule has 1 heterocycles. The predicted octanol–water partition coefficient (Wildman–Crippen LogP) is 3.49. The number of rotatable bonds is 7. The minimum atomic E-state index is -1.31. The maximum absolute atomic E-state index is 12.8. The third kappa shape index (κ3) is 5.04. The smallest absolute Gasteiger partial charge is 0.339 e. The van der Waals surface area contributed by atoms with Gasteiger partial charge in [-0.15, -0.1) is 0 Å². The van der Waals surface area contributed by atoms with Gasteiger partial charge in [-0.05, 0) is 19.1 Å². The molecule has 0 aliphatic carbocycles. The van der Waals surface area contributed by atoms with Crippen LogP contribution < -0.4 is 10.2 Å². The average molecular weight is 424 g/mol. The van der Waals surface area contributed by atoms with Gasteiger partial charge in [-0.25, -0.2) is 4.79 Å². The quantitative estimate of drug-likeness (QED) is 0.347. The largest absolute Gasteiger partial charge is 0.444 e. The molecular formula is C21H20N4O6. The molecule has 10 heteroatoms. The highest BCUT2D eigenvalue weighted by atomic mass is 16.6. The topological polar surface area (TPSA) is 128 Å². The number of hydrogen-bond donors (Lipinski definition) is 1. The van der Waals surface area contributed by atoms with E-state index in [1.54, 1.807) is 56.3 Å². The number of amides is 1. The molecule has 0 spiro atoms. The second-order valence-corrected chi connectivity index (χ2v) is 6.86. The Morgan fingerprint density at radius 1 is 1.16 bits per heavy atom. The fourth-order valence-corrected chi connectivity index (χ4v) is 2.87. The van der Waals surface area contributed by atoms with Crippen LogP contribution in [0.5, 0.6) is 0 Å². The lowest BCUT2D eigenvalue weighted by Gasteiger charge is -2.18. The zero-order chi connectivity index (χ0) is 22.5. The van der Waals surface area contributed by atoms with E-state index < -0.39 is 22.9 Å². The van der Waals surface area contributed by atoms with Crippen LogP contribution in [-0.2, 0) is 9.53 Å². The number of nitro groups is 1. The Hall–Kier alpha value is -4.21. The minimum Gasteiger partial charge on any atom is -0.444 e. The predicted molar refractivity (Wildman–Crippen MR) is 112 cm³/mol. The first-order valence-electron chi connectivity index (χ1n) is 9.22. The number of hydrogen-bond acceptors (Lipinski definition) is 8. The number of nitrogens with zero attached hydrogens (tertiary/aromatic N) is 3. The second kappa shape index (κ2) is 9.08. The van der Waals surface area contributed by atoms with Crippen molar-refractivity contribution in [3.63, 3.8) is 0 Å². The summed E-state index contributed by atoms with van der Waals surface area (Å²) in [6.45, 7) is 1.67. The number of aromatic nitrogens is 1. The highest BCUT2D eigenvalue weighted by Crippen LogP contribution is 2.29. The van der Waals surface area contributed by atoms with Crippen LogP contribution in [0.1, 0.15) is 27.8 Å². The molecule has 2 aromatic carbocycles. The van der Waals surface area contributed by atoms with E-state index in [0.29, 0.717) is 17.0 Å². The molecular weight excluding hydrogens is 404 g/mol. The van der Waals surface area contributed by atoms with E-state index in [1.165, 1.54) is 18.2 Å². The molecule has 0 aliphatic heterocycles. The number of nitrogens with one attached hydrogen (secondary N) is 1. The standard InChI is InChI=1S/C21H20N4O6/c1-13-11-18(23-31-13)22-20(26)19(14-7-5-4-6-8-14)30-21(27)15-9-10-16(24(2)3)17(12-15)25(28)29/h4-12,19H,1-3H3,(H,22,23,26)/t19-/m1/s1. The van der Waals surface area contributed by atoms with Crippen molar-refractivity contribution in [2.24, 2.45) is 0 Å². The zero-order valence-corrected chi connectivity index (χ0v) is 17.1. The van der Waals surface area contributed by atoms with Crippen LogP contribution in [-0.4, -0.2) is 36.1 Å². The summed E-state index contributed by atoms with van der Waals surface area (Å²) in [6, 6.07) is 13.9. The Kier molecular flexibility index (Phi) is 6.29. The fourth-order valence-electron chi connectivity index (χ4n) is 2.87. The first-order chi connectivity index (χ1) is 14.8. The van der Waals surface area contributed by atoms with Crippen LogP contribution in [0.3, 0.4) is 0 Å². The molecule has 0 bridgehead atoms. The first kappa shape index (κ1) is 21.5. The van der Waals surface area contributed by atoms with Gasteiger partial charge in [0, 0.05) is 31.8 Å². The average Bonchev–Trinajstić information content (AvgIpc) is 3.16. The Balaban J connectivity index is 1.89. The maximum Gasteiger partial charge on any atom is 0.339 e. The summed E-state index contributed by atoms with van der Waals surface area (Å²) < 4.78 is 10.4. The monoisotopic (exact) mass is 424 g/mol. The third-order valence-electron chi connectivity index (χ3n) is 4.33. The molecule has 1 N–H and O–H groups in total. The van der Waals surface area contributed by atoms with Gasteiger partial charge in [0.1, 0.15) is 11.4 Å². The van der Waals surface area contributed by atoms with E-state index >= 15 is 0 Å². The lowest BCUT2D eigenvalue weighted by atomic mass is 10.1. The molecule has 0 aliphatic rings. The normalized spacial score (nSPS) is 11.5. The summed E-state index contributed by atoms with van der Waals surface area (Å²) in [7, 11) is 3.31. The van der Waals surface area contributed by atoms with Crippen LogP contribution in [0.15, 0.2) is 59.1 Å². The second-order valence-electron chi connectivity index (χ2n) is 6.86. The highest BCUT2D eigenvalue weighted by molar-refractivity contribution is 5.98. The zero-order valence-electron chi connectivity index (χ0n) is 17.1. The number of nitro benzene ring substituents is 1. The van der Waals surface area contributed by atoms with E-state index in [0.717, 1.165) is 6.07 Å². The highest BCUT2D eigenvalue weighted by Gasteiger charge is 2.28. The molecule has 3 rings (SSSR count). The van der Waals surface area contributed by atoms with Gasteiger partial charge in [0.2, 0.25) is 6.10 Å². The van der Waals surface area contributed by atoms with Gasteiger partial charge < -0.3 is 19.5 Å². The Morgan fingerprint density at radius 3 is 2.45 bits per heavy atom. The van der Waals surface area contributed by atoms with Crippen LogP contribution in [0, 0.1) is 17.0 Å². The fraction of sp³-hybridized carbons (Fsp3) is 0.190. The van der Waals surface area contributed by atoms with Crippen molar-refractivity contribution in [1.82, 2.24) is 5.16 Å². The van der Waals surface area contributed by atoms with Crippen LogP contribution in [0.2, 0.25) is 0 Å². The SMILES string of the molecule is Cc1cc(NC(=O)[C@H](OC(=O)c2ccc(N(C)C)c([N+](=O)[O-])c2)c2ccccc2)no1. The van der Waals surface area contributed by atoms with Crippen molar-refractivity contribution < 1.29 is 23.8 Å². The molecule has 1 amide bonds. The van der Waals surface area contributed by atoms with Crippen molar-refractivity contribution in [2.75, 3.05) is 24.3 Å². The molecule has 1 aromatic heterocycles. The molecule has 0 fully saturated rings. The summed E-state index contributed by atoms with van der Waals surface area (Å²) in [5, 5.41) is 17.6. The van der Waals surface area contributed by atoms with Crippen molar-refractivity contribution in [2.45, 2.75) is 13.0 Å². The van der Waals surface area contributed by atoms with E-state index in [1.807, 2.05) is 0 Å². The molecule has 10 nitrogen and oxygen atoms in total. The van der Waals surface area contributed by atoms with Crippen molar-refractivity contribution >= 4 is 29.1 Å². The molecule has 0 unspecified atom stereocenters.